The molecule has 4 nitrogen and oxygen atoms in total. The number of carbonyl (C=O) groups is 1. The standard InChI is InChI=1S/C15H20BrNO3/c1-19-10-11-5-7-17(8-6-11)15(18)13-9-12(20-2)3-4-14(13)16/h3-4,9,11H,5-8,10H2,1-2H3. The third-order valence-corrected chi connectivity index (χ3v) is 4.40. The summed E-state index contributed by atoms with van der Waals surface area (Å²) in [4.78, 5) is 14.5. The molecule has 0 saturated carbocycles. The molecule has 0 N–H and O–H groups in total. The van der Waals surface area contributed by atoms with Gasteiger partial charge in [-0.2, -0.15) is 0 Å². The lowest BCUT2D eigenvalue weighted by Crippen LogP contribution is -2.39. The molecule has 20 heavy (non-hydrogen) atoms. The Bertz CT molecular complexity index is 470. The van der Waals surface area contributed by atoms with Gasteiger partial charge in [-0.15, -0.1) is 0 Å². The van der Waals surface area contributed by atoms with Crippen molar-refractivity contribution in [2.75, 3.05) is 33.9 Å². The largest absolute Gasteiger partial charge is 0.497 e. The van der Waals surface area contributed by atoms with Gasteiger partial charge in [0.05, 0.1) is 12.7 Å². The van der Waals surface area contributed by atoms with Crippen molar-refractivity contribution >= 4 is 21.8 Å². The Kier molecular flexibility index (Phi) is 5.43. The van der Waals surface area contributed by atoms with E-state index in [-0.39, 0.29) is 5.91 Å². The van der Waals surface area contributed by atoms with Crippen LogP contribution in [0.1, 0.15) is 23.2 Å². The predicted molar refractivity (Wildman–Crippen MR) is 81.2 cm³/mol. The molecule has 1 aromatic carbocycles. The van der Waals surface area contributed by atoms with Gasteiger partial charge in [-0.3, -0.25) is 4.79 Å². The number of nitrogens with zero attached hydrogens (tertiary/aromatic N) is 1. The fourth-order valence-corrected chi connectivity index (χ4v) is 2.92. The van der Waals surface area contributed by atoms with Gasteiger partial charge in [0.15, 0.2) is 0 Å². The molecule has 1 aliphatic rings. The molecule has 0 aliphatic carbocycles. The van der Waals surface area contributed by atoms with Crippen LogP contribution in [0.15, 0.2) is 22.7 Å². The quantitative estimate of drug-likeness (QED) is 0.845. The third-order valence-electron chi connectivity index (χ3n) is 3.71. The maximum absolute atomic E-state index is 12.6. The molecule has 0 radical (unpaired) electrons. The number of halogens is 1. The number of hydrogen-bond donors (Lipinski definition) is 0. The molecule has 1 saturated heterocycles. The topological polar surface area (TPSA) is 38.8 Å². The number of carbonyl (C=O) groups excluding carboxylic acids is 1. The summed E-state index contributed by atoms with van der Waals surface area (Å²) < 4.78 is 11.2. The highest BCUT2D eigenvalue weighted by atomic mass is 79.9. The van der Waals surface area contributed by atoms with Gasteiger partial charge in [-0.05, 0) is 52.9 Å². The summed E-state index contributed by atoms with van der Waals surface area (Å²) in [7, 11) is 3.33. The van der Waals surface area contributed by atoms with E-state index in [1.54, 1.807) is 20.3 Å². The molecule has 110 valence electrons. The zero-order chi connectivity index (χ0) is 14.5. The van der Waals surface area contributed by atoms with E-state index >= 15 is 0 Å². The summed E-state index contributed by atoms with van der Waals surface area (Å²) in [5.74, 6) is 1.33. The summed E-state index contributed by atoms with van der Waals surface area (Å²) in [5.41, 5.74) is 0.662. The van der Waals surface area contributed by atoms with Gasteiger partial charge in [0.2, 0.25) is 0 Å². The van der Waals surface area contributed by atoms with Gasteiger partial charge in [-0.1, -0.05) is 0 Å². The van der Waals surface area contributed by atoms with Crippen LogP contribution in [0.5, 0.6) is 5.75 Å². The maximum Gasteiger partial charge on any atom is 0.255 e. The zero-order valence-corrected chi connectivity index (χ0v) is 13.5. The number of piperidine rings is 1. The summed E-state index contributed by atoms with van der Waals surface area (Å²) in [6.07, 6.45) is 2.00. The smallest absolute Gasteiger partial charge is 0.255 e. The van der Waals surface area contributed by atoms with E-state index in [0.717, 1.165) is 37.0 Å². The summed E-state index contributed by atoms with van der Waals surface area (Å²) in [5, 5.41) is 0. The van der Waals surface area contributed by atoms with E-state index in [4.69, 9.17) is 9.47 Å². The van der Waals surface area contributed by atoms with Crippen molar-refractivity contribution in [2.24, 2.45) is 5.92 Å². The summed E-state index contributed by atoms with van der Waals surface area (Å²) in [6.45, 7) is 2.36. The van der Waals surface area contributed by atoms with Crippen molar-refractivity contribution in [2.45, 2.75) is 12.8 Å². The van der Waals surface area contributed by atoms with E-state index < -0.39 is 0 Å². The van der Waals surface area contributed by atoms with Gasteiger partial charge >= 0.3 is 0 Å². The van der Waals surface area contributed by atoms with Crippen molar-refractivity contribution < 1.29 is 14.3 Å². The van der Waals surface area contributed by atoms with Crippen LogP contribution >= 0.6 is 15.9 Å². The normalized spacial score (nSPS) is 16.2. The molecule has 1 fully saturated rings. The lowest BCUT2D eigenvalue weighted by Gasteiger charge is -2.32. The second kappa shape index (κ2) is 7.09. The molecular weight excluding hydrogens is 322 g/mol. The van der Waals surface area contributed by atoms with Crippen LogP contribution < -0.4 is 4.74 Å². The Morgan fingerprint density at radius 2 is 2.05 bits per heavy atom. The van der Waals surface area contributed by atoms with E-state index in [9.17, 15) is 4.79 Å². The minimum absolute atomic E-state index is 0.0617. The predicted octanol–water partition coefficient (Wildman–Crippen LogP) is 2.96. The lowest BCUT2D eigenvalue weighted by atomic mass is 9.97. The molecule has 1 aliphatic heterocycles. The zero-order valence-electron chi connectivity index (χ0n) is 11.9. The van der Waals surface area contributed by atoms with Crippen LogP contribution in [0.25, 0.3) is 0 Å². The van der Waals surface area contributed by atoms with Crippen molar-refractivity contribution in [3.05, 3.63) is 28.2 Å². The summed E-state index contributed by atoms with van der Waals surface area (Å²) >= 11 is 3.44. The Morgan fingerprint density at radius 3 is 2.65 bits per heavy atom. The van der Waals surface area contributed by atoms with Crippen LogP contribution in [0.4, 0.5) is 0 Å². The van der Waals surface area contributed by atoms with Crippen LogP contribution in [-0.4, -0.2) is 44.7 Å². The number of likely N-dealkylation sites (tertiary alicyclic amines) is 1. The van der Waals surface area contributed by atoms with Crippen LogP contribution in [0.2, 0.25) is 0 Å². The fourth-order valence-electron chi connectivity index (χ4n) is 2.50. The minimum Gasteiger partial charge on any atom is -0.497 e. The number of benzene rings is 1. The number of rotatable bonds is 4. The van der Waals surface area contributed by atoms with Gasteiger partial charge in [-0.25, -0.2) is 0 Å². The highest BCUT2D eigenvalue weighted by Crippen LogP contribution is 2.26. The number of hydrogen-bond acceptors (Lipinski definition) is 3. The van der Waals surface area contributed by atoms with Gasteiger partial charge in [0.25, 0.3) is 5.91 Å². The molecule has 1 amide bonds. The van der Waals surface area contributed by atoms with Crippen LogP contribution in [0.3, 0.4) is 0 Å². The first kappa shape index (κ1) is 15.3. The van der Waals surface area contributed by atoms with Crippen LogP contribution in [0, 0.1) is 5.92 Å². The molecule has 2 rings (SSSR count). The van der Waals surface area contributed by atoms with Crippen molar-refractivity contribution in [1.29, 1.82) is 0 Å². The van der Waals surface area contributed by atoms with E-state index in [1.165, 1.54) is 0 Å². The van der Waals surface area contributed by atoms with E-state index in [0.29, 0.717) is 17.2 Å². The Labute approximate surface area is 128 Å². The monoisotopic (exact) mass is 341 g/mol. The van der Waals surface area contributed by atoms with E-state index in [2.05, 4.69) is 15.9 Å². The van der Waals surface area contributed by atoms with Crippen molar-refractivity contribution in [1.82, 2.24) is 4.90 Å². The number of methoxy groups -OCH3 is 2. The Balaban J connectivity index is 2.05. The number of ether oxygens (including phenoxy) is 2. The average Bonchev–Trinajstić information content (AvgIpc) is 2.48. The van der Waals surface area contributed by atoms with Crippen molar-refractivity contribution in [3.63, 3.8) is 0 Å². The fraction of sp³-hybridized carbons (Fsp3) is 0.533. The highest BCUT2D eigenvalue weighted by Gasteiger charge is 2.24. The van der Waals surface area contributed by atoms with Crippen LogP contribution in [-0.2, 0) is 4.74 Å². The minimum atomic E-state index is 0.0617. The number of amides is 1. The second-order valence-electron chi connectivity index (χ2n) is 5.04. The molecule has 0 unspecified atom stereocenters. The molecule has 0 spiro atoms. The molecule has 5 heteroatoms. The third kappa shape index (κ3) is 3.52. The first-order valence-electron chi connectivity index (χ1n) is 6.77. The molecule has 0 aromatic heterocycles. The molecular formula is C15H20BrNO3. The van der Waals surface area contributed by atoms with Crippen molar-refractivity contribution in [3.8, 4) is 5.75 Å². The molecule has 0 bridgehead atoms. The Hall–Kier alpha value is -1.07. The molecule has 1 aromatic rings. The summed E-state index contributed by atoms with van der Waals surface area (Å²) in [6, 6.07) is 5.48. The highest BCUT2D eigenvalue weighted by molar-refractivity contribution is 9.10. The second-order valence-corrected chi connectivity index (χ2v) is 5.89. The average molecular weight is 342 g/mol. The molecule has 1 heterocycles. The maximum atomic E-state index is 12.6. The first-order valence-corrected chi connectivity index (χ1v) is 7.56. The molecule has 0 atom stereocenters. The lowest BCUT2D eigenvalue weighted by molar-refractivity contribution is 0.0612. The van der Waals surface area contributed by atoms with Gasteiger partial charge < -0.3 is 14.4 Å². The SMILES string of the molecule is COCC1CCN(C(=O)c2cc(OC)ccc2Br)CC1. The van der Waals surface area contributed by atoms with E-state index in [1.807, 2.05) is 17.0 Å². The van der Waals surface area contributed by atoms with Gasteiger partial charge in [0.1, 0.15) is 5.75 Å². The first-order chi connectivity index (χ1) is 9.65. The van der Waals surface area contributed by atoms with Gasteiger partial charge in [0, 0.05) is 31.3 Å². The Morgan fingerprint density at radius 1 is 1.35 bits per heavy atom.